The molecule has 2 aliphatic rings. The largest absolute Gasteiger partial charge is 0.357 e. The molecule has 2 rings (SSSR count). The van der Waals surface area contributed by atoms with Gasteiger partial charge in [-0.2, -0.15) is 0 Å². The van der Waals surface area contributed by atoms with Gasteiger partial charge in [0.1, 0.15) is 0 Å². The van der Waals surface area contributed by atoms with Crippen molar-refractivity contribution in [1.29, 1.82) is 0 Å². The highest BCUT2D eigenvalue weighted by molar-refractivity contribution is 5.82. The van der Waals surface area contributed by atoms with E-state index in [4.69, 9.17) is 4.99 Å². The minimum Gasteiger partial charge on any atom is -0.357 e. The Balaban J connectivity index is 1.88. The molecular weight excluding hydrogens is 352 g/mol. The van der Waals surface area contributed by atoms with Crippen LogP contribution in [-0.2, 0) is 4.79 Å². The average Bonchev–Trinajstić information content (AvgIpc) is 3.26. The van der Waals surface area contributed by atoms with Crippen molar-refractivity contribution in [3.05, 3.63) is 0 Å². The molecule has 7 nitrogen and oxygen atoms in total. The molecule has 0 aromatic rings. The minimum atomic E-state index is -0.0116. The second-order valence-corrected chi connectivity index (χ2v) is 8.00. The maximum atomic E-state index is 12.7. The van der Waals surface area contributed by atoms with Gasteiger partial charge in [-0.3, -0.25) is 19.6 Å². The van der Waals surface area contributed by atoms with Gasteiger partial charge in [0.2, 0.25) is 5.91 Å². The first-order valence-corrected chi connectivity index (χ1v) is 11.3. The molecule has 2 saturated heterocycles. The van der Waals surface area contributed by atoms with Crippen LogP contribution in [0.15, 0.2) is 4.99 Å². The van der Waals surface area contributed by atoms with Gasteiger partial charge in [-0.05, 0) is 46.7 Å². The maximum Gasteiger partial charge on any atom is 0.239 e. The number of hydrogen-bond acceptors (Lipinski definition) is 4. The first-order valence-electron chi connectivity index (χ1n) is 11.3. The van der Waals surface area contributed by atoms with Crippen LogP contribution >= 0.6 is 0 Å². The summed E-state index contributed by atoms with van der Waals surface area (Å²) >= 11 is 0. The second kappa shape index (κ2) is 11.6. The molecule has 1 N–H and O–H groups in total. The molecule has 2 atom stereocenters. The molecule has 7 heteroatoms. The predicted molar refractivity (Wildman–Crippen MR) is 117 cm³/mol. The summed E-state index contributed by atoms with van der Waals surface area (Å²) in [5, 5.41) is 3.46. The molecule has 2 aliphatic heterocycles. The fourth-order valence-electron chi connectivity index (χ4n) is 4.29. The number of likely N-dealkylation sites (N-methyl/N-ethyl adjacent to an activating group) is 1. The van der Waals surface area contributed by atoms with Gasteiger partial charge in [0.25, 0.3) is 0 Å². The van der Waals surface area contributed by atoms with E-state index in [1.54, 1.807) is 0 Å². The Bertz CT molecular complexity index is 493. The van der Waals surface area contributed by atoms with Crippen LogP contribution in [0.2, 0.25) is 0 Å². The SMILES string of the molecule is CCNC(=NCC(C)N(CC)CC)N1CCN(C(C)C(=O)N2CCCC2)CC1. The van der Waals surface area contributed by atoms with Crippen LogP contribution in [0.1, 0.15) is 47.5 Å². The van der Waals surface area contributed by atoms with Crippen LogP contribution in [0.5, 0.6) is 0 Å². The van der Waals surface area contributed by atoms with E-state index >= 15 is 0 Å². The van der Waals surface area contributed by atoms with E-state index in [0.717, 1.165) is 84.2 Å². The Morgan fingerprint density at radius 3 is 2.11 bits per heavy atom. The van der Waals surface area contributed by atoms with Crippen molar-refractivity contribution in [2.24, 2.45) is 4.99 Å². The normalized spacial score (nSPS) is 21.3. The van der Waals surface area contributed by atoms with E-state index < -0.39 is 0 Å². The fraction of sp³-hybridized carbons (Fsp3) is 0.905. The Kier molecular flexibility index (Phi) is 9.51. The van der Waals surface area contributed by atoms with E-state index in [1.165, 1.54) is 0 Å². The van der Waals surface area contributed by atoms with Crippen LogP contribution in [0.3, 0.4) is 0 Å². The monoisotopic (exact) mass is 394 g/mol. The van der Waals surface area contributed by atoms with Gasteiger partial charge in [-0.25, -0.2) is 0 Å². The van der Waals surface area contributed by atoms with Crippen molar-refractivity contribution in [1.82, 2.24) is 24.9 Å². The number of piperazine rings is 1. The molecular formula is C21H42N6O. The van der Waals surface area contributed by atoms with E-state index in [-0.39, 0.29) is 6.04 Å². The minimum absolute atomic E-state index is 0.0116. The van der Waals surface area contributed by atoms with Crippen molar-refractivity contribution in [3.8, 4) is 0 Å². The summed E-state index contributed by atoms with van der Waals surface area (Å²) in [5.41, 5.74) is 0. The molecule has 0 radical (unpaired) electrons. The number of amides is 1. The van der Waals surface area contributed by atoms with Gasteiger partial charge in [-0.1, -0.05) is 13.8 Å². The quantitative estimate of drug-likeness (QED) is 0.497. The van der Waals surface area contributed by atoms with Crippen molar-refractivity contribution >= 4 is 11.9 Å². The molecule has 0 saturated carbocycles. The lowest BCUT2D eigenvalue weighted by Gasteiger charge is -2.39. The number of carbonyl (C=O) groups is 1. The van der Waals surface area contributed by atoms with Crippen molar-refractivity contribution in [2.75, 3.05) is 65.4 Å². The van der Waals surface area contributed by atoms with E-state index in [1.807, 2.05) is 4.90 Å². The molecule has 0 aromatic carbocycles. The summed E-state index contributed by atoms with van der Waals surface area (Å²) in [5.74, 6) is 1.32. The number of hydrogen-bond donors (Lipinski definition) is 1. The van der Waals surface area contributed by atoms with Crippen LogP contribution in [0, 0.1) is 0 Å². The van der Waals surface area contributed by atoms with Crippen molar-refractivity contribution in [2.45, 2.75) is 59.5 Å². The molecule has 0 aromatic heterocycles. The van der Waals surface area contributed by atoms with Gasteiger partial charge in [0.15, 0.2) is 5.96 Å². The summed E-state index contributed by atoms with van der Waals surface area (Å²) < 4.78 is 0. The third kappa shape index (κ3) is 6.08. The molecule has 2 fully saturated rings. The number of rotatable bonds is 8. The van der Waals surface area contributed by atoms with Gasteiger partial charge in [0.05, 0.1) is 12.6 Å². The van der Waals surface area contributed by atoms with E-state index in [0.29, 0.717) is 11.9 Å². The fourth-order valence-corrected chi connectivity index (χ4v) is 4.29. The summed E-state index contributed by atoms with van der Waals surface area (Å²) in [4.78, 5) is 26.8. The predicted octanol–water partition coefficient (Wildman–Crippen LogP) is 1.31. The van der Waals surface area contributed by atoms with Crippen LogP contribution in [-0.4, -0.2) is 109 Å². The molecule has 0 bridgehead atoms. The molecule has 0 aliphatic carbocycles. The van der Waals surface area contributed by atoms with Gasteiger partial charge < -0.3 is 15.1 Å². The Labute approximate surface area is 172 Å². The smallest absolute Gasteiger partial charge is 0.239 e. The third-order valence-corrected chi connectivity index (χ3v) is 6.21. The maximum absolute atomic E-state index is 12.7. The molecule has 28 heavy (non-hydrogen) atoms. The average molecular weight is 395 g/mol. The van der Waals surface area contributed by atoms with Gasteiger partial charge >= 0.3 is 0 Å². The number of aliphatic imine (C=N–C) groups is 1. The lowest BCUT2D eigenvalue weighted by molar-refractivity contribution is -0.135. The van der Waals surface area contributed by atoms with Crippen molar-refractivity contribution in [3.63, 3.8) is 0 Å². The zero-order valence-electron chi connectivity index (χ0n) is 18.8. The molecule has 162 valence electrons. The molecule has 2 unspecified atom stereocenters. The second-order valence-electron chi connectivity index (χ2n) is 8.00. The zero-order chi connectivity index (χ0) is 20.5. The zero-order valence-corrected chi connectivity index (χ0v) is 18.8. The molecule has 0 spiro atoms. The van der Waals surface area contributed by atoms with Crippen molar-refractivity contribution < 1.29 is 4.79 Å². The Hall–Kier alpha value is -1.34. The van der Waals surface area contributed by atoms with Crippen LogP contribution in [0.4, 0.5) is 0 Å². The summed E-state index contributed by atoms with van der Waals surface area (Å²) in [6.45, 7) is 20.2. The number of nitrogens with zero attached hydrogens (tertiary/aromatic N) is 5. The first-order chi connectivity index (χ1) is 13.5. The number of carbonyl (C=O) groups excluding carboxylic acids is 1. The highest BCUT2D eigenvalue weighted by Gasteiger charge is 2.30. The Morgan fingerprint density at radius 2 is 1.57 bits per heavy atom. The lowest BCUT2D eigenvalue weighted by Crippen LogP contribution is -2.57. The topological polar surface area (TPSA) is 54.4 Å². The van der Waals surface area contributed by atoms with Gasteiger partial charge in [0, 0.05) is 51.9 Å². The van der Waals surface area contributed by atoms with Gasteiger partial charge in [-0.15, -0.1) is 0 Å². The van der Waals surface area contributed by atoms with E-state index in [2.05, 4.69) is 54.6 Å². The number of guanidine groups is 1. The highest BCUT2D eigenvalue weighted by atomic mass is 16.2. The number of likely N-dealkylation sites (tertiary alicyclic amines) is 1. The summed E-state index contributed by atoms with van der Waals surface area (Å²) in [6, 6.07) is 0.436. The molecule has 1 amide bonds. The Morgan fingerprint density at radius 1 is 0.964 bits per heavy atom. The standard InChI is InChI=1S/C21H42N6O/c1-6-22-21(23-17-18(4)24(7-2)8-3)27-15-13-25(14-16-27)19(5)20(28)26-11-9-10-12-26/h18-19H,6-17H2,1-5H3,(H,22,23). The summed E-state index contributed by atoms with van der Waals surface area (Å²) in [6.07, 6.45) is 2.31. The third-order valence-electron chi connectivity index (χ3n) is 6.21. The first kappa shape index (κ1) is 22.9. The highest BCUT2D eigenvalue weighted by Crippen LogP contribution is 2.14. The van der Waals surface area contributed by atoms with Crippen LogP contribution < -0.4 is 5.32 Å². The van der Waals surface area contributed by atoms with Crippen LogP contribution in [0.25, 0.3) is 0 Å². The van der Waals surface area contributed by atoms with E-state index in [9.17, 15) is 4.79 Å². The lowest BCUT2D eigenvalue weighted by atomic mass is 10.2. The number of nitrogens with one attached hydrogen (secondary N) is 1. The summed E-state index contributed by atoms with van der Waals surface area (Å²) in [7, 11) is 0. The molecule has 2 heterocycles.